The molecule has 0 aliphatic rings. The van der Waals surface area contributed by atoms with E-state index >= 15 is 0 Å². The average molecular weight is 208 g/mol. The van der Waals surface area contributed by atoms with E-state index in [2.05, 4.69) is 11.9 Å². The number of nitrogens with zero attached hydrogens (tertiary/aromatic N) is 1. The van der Waals surface area contributed by atoms with Crippen molar-refractivity contribution in [3.05, 3.63) is 22.5 Å². The molecule has 0 radical (unpaired) electrons. The highest BCUT2D eigenvalue weighted by Crippen LogP contribution is 2.18. The van der Waals surface area contributed by atoms with Crippen LogP contribution in [-0.4, -0.2) is 36.3 Å². The van der Waals surface area contributed by atoms with E-state index in [4.69, 9.17) is 0 Å². The Morgan fingerprint density at radius 1 is 1.33 bits per heavy atom. The smallest absolute Gasteiger partial charge is 0.193 e. The standard InChI is InChI=1S/C12H20N2O/c1-6-10-8(2)12(13-9(10)3)11(15)7-14(4)5/h13H,6-7H2,1-5H3. The number of nitrogens with one attached hydrogen (secondary N) is 1. The summed E-state index contributed by atoms with van der Waals surface area (Å²) in [5, 5.41) is 0. The van der Waals surface area contributed by atoms with Crippen LogP contribution in [0.5, 0.6) is 0 Å². The molecule has 1 N–H and O–H groups in total. The Morgan fingerprint density at radius 3 is 2.33 bits per heavy atom. The van der Waals surface area contributed by atoms with Crippen molar-refractivity contribution in [2.75, 3.05) is 20.6 Å². The molecular formula is C12H20N2O. The molecule has 0 aliphatic carbocycles. The Labute approximate surface area is 91.5 Å². The first-order valence-electron chi connectivity index (χ1n) is 5.33. The Balaban J connectivity index is 3.00. The third-order valence-electron chi connectivity index (χ3n) is 2.69. The number of hydrogen-bond donors (Lipinski definition) is 1. The van der Waals surface area contributed by atoms with Gasteiger partial charge in [-0.25, -0.2) is 0 Å². The number of aryl methyl sites for hydroxylation is 1. The average Bonchev–Trinajstić information content (AvgIpc) is 2.40. The van der Waals surface area contributed by atoms with Crippen molar-refractivity contribution >= 4 is 5.78 Å². The van der Waals surface area contributed by atoms with E-state index in [1.807, 2.05) is 32.8 Å². The number of rotatable bonds is 4. The van der Waals surface area contributed by atoms with Crippen molar-refractivity contribution in [1.29, 1.82) is 0 Å². The summed E-state index contributed by atoms with van der Waals surface area (Å²) >= 11 is 0. The molecule has 0 fully saturated rings. The predicted molar refractivity (Wildman–Crippen MR) is 62.5 cm³/mol. The molecule has 1 rings (SSSR count). The fourth-order valence-electron chi connectivity index (χ4n) is 1.96. The van der Waals surface area contributed by atoms with Gasteiger partial charge in [-0.1, -0.05) is 6.92 Å². The van der Waals surface area contributed by atoms with Gasteiger partial charge < -0.3 is 9.88 Å². The lowest BCUT2D eigenvalue weighted by atomic mass is 10.1. The van der Waals surface area contributed by atoms with Crippen LogP contribution in [-0.2, 0) is 6.42 Å². The van der Waals surface area contributed by atoms with Gasteiger partial charge in [-0.2, -0.15) is 0 Å². The van der Waals surface area contributed by atoms with Crippen molar-refractivity contribution in [3.63, 3.8) is 0 Å². The van der Waals surface area contributed by atoms with Crippen molar-refractivity contribution in [1.82, 2.24) is 9.88 Å². The molecule has 1 aromatic rings. The van der Waals surface area contributed by atoms with Gasteiger partial charge in [0.15, 0.2) is 5.78 Å². The van der Waals surface area contributed by atoms with Crippen LogP contribution in [0.3, 0.4) is 0 Å². The van der Waals surface area contributed by atoms with Crippen LogP contribution < -0.4 is 0 Å². The molecule has 3 heteroatoms. The lowest BCUT2D eigenvalue weighted by Crippen LogP contribution is -2.22. The van der Waals surface area contributed by atoms with Gasteiger partial charge in [0.05, 0.1) is 12.2 Å². The van der Waals surface area contributed by atoms with Crippen LogP contribution >= 0.6 is 0 Å². The minimum atomic E-state index is 0.167. The van der Waals surface area contributed by atoms with Crippen molar-refractivity contribution in [3.8, 4) is 0 Å². The first-order valence-corrected chi connectivity index (χ1v) is 5.33. The second-order valence-corrected chi connectivity index (χ2v) is 4.24. The molecule has 0 atom stereocenters. The number of aromatic nitrogens is 1. The number of aromatic amines is 1. The number of hydrogen-bond acceptors (Lipinski definition) is 2. The second-order valence-electron chi connectivity index (χ2n) is 4.24. The molecule has 0 bridgehead atoms. The second kappa shape index (κ2) is 4.62. The number of Topliss-reactive ketones (excluding diaryl/α,β-unsaturated/α-hetero) is 1. The molecule has 0 aromatic carbocycles. The van der Waals surface area contributed by atoms with Crippen LogP contribution in [0.1, 0.15) is 34.2 Å². The molecule has 1 aromatic heterocycles. The fraction of sp³-hybridized carbons (Fsp3) is 0.583. The summed E-state index contributed by atoms with van der Waals surface area (Å²) in [5.74, 6) is 0.167. The largest absolute Gasteiger partial charge is 0.356 e. The third kappa shape index (κ3) is 2.48. The summed E-state index contributed by atoms with van der Waals surface area (Å²) in [6.07, 6.45) is 0.976. The highest BCUT2D eigenvalue weighted by Gasteiger charge is 2.16. The zero-order chi connectivity index (χ0) is 11.6. The maximum absolute atomic E-state index is 11.9. The molecule has 0 aliphatic heterocycles. The summed E-state index contributed by atoms with van der Waals surface area (Å²) in [6.45, 7) is 6.62. The Kier molecular flexibility index (Phi) is 3.69. The molecule has 3 nitrogen and oxygen atoms in total. The third-order valence-corrected chi connectivity index (χ3v) is 2.69. The van der Waals surface area contributed by atoms with Crippen LogP contribution in [0, 0.1) is 13.8 Å². The van der Waals surface area contributed by atoms with Crippen molar-refractivity contribution < 1.29 is 4.79 Å². The molecule has 0 spiro atoms. The first kappa shape index (κ1) is 12.0. The summed E-state index contributed by atoms with van der Waals surface area (Å²) < 4.78 is 0. The van der Waals surface area contributed by atoms with E-state index in [1.54, 1.807) is 0 Å². The minimum absolute atomic E-state index is 0.167. The molecular weight excluding hydrogens is 188 g/mol. The predicted octanol–water partition coefficient (Wildman–Crippen LogP) is 1.94. The van der Waals surface area contributed by atoms with Crippen LogP contribution in [0.15, 0.2) is 0 Å². The lowest BCUT2D eigenvalue weighted by molar-refractivity contribution is 0.0953. The van der Waals surface area contributed by atoms with Gasteiger partial charge >= 0.3 is 0 Å². The van der Waals surface area contributed by atoms with Gasteiger partial charge in [-0.05, 0) is 45.5 Å². The van der Waals surface area contributed by atoms with E-state index < -0.39 is 0 Å². The molecule has 0 saturated carbocycles. The topological polar surface area (TPSA) is 36.1 Å². The number of H-pyrrole nitrogens is 1. The molecule has 0 unspecified atom stereocenters. The Morgan fingerprint density at radius 2 is 1.93 bits per heavy atom. The summed E-state index contributed by atoms with van der Waals surface area (Å²) in [7, 11) is 3.81. The number of likely N-dealkylation sites (N-methyl/N-ethyl adjacent to an activating group) is 1. The van der Waals surface area contributed by atoms with Gasteiger partial charge in [0.2, 0.25) is 0 Å². The Bertz CT molecular complexity index is 364. The van der Waals surface area contributed by atoms with Gasteiger partial charge in [0, 0.05) is 5.69 Å². The molecule has 1 heterocycles. The molecule has 0 saturated heterocycles. The van der Waals surface area contributed by atoms with E-state index in [0.29, 0.717) is 6.54 Å². The molecule has 84 valence electrons. The first-order chi connectivity index (χ1) is 6.97. The number of carbonyl (C=O) groups is 1. The fourth-order valence-corrected chi connectivity index (χ4v) is 1.96. The van der Waals surface area contributed by atoms with E-state index in [9.17, 15) is 4.79 Å². The van der Waals surface area contributed by atoms with Crippen LogP contribution in [0.4, 0.5) is 0 Å². The van der Waals surface area contributed by atoms with Gasteiger partial charge in [0.1, 0.15) is 0 Å². The number of carbonyl (C=O) groups excluding carboxylic acids is 1. The zero-order valence-electron chi connectivity index (χ0n) is 10.3. The summed E-state index contributed by atoms with van der Waals surface area (Å²) in [5.41, 5.74) is 4.29. The minimum Gasteiger partial charge on any atom is -0.356 e. The summed E-state index contributed by atoms with van der Waals surface area (Å²) in [4.78, 5) is 17.0. The Hall–Kier alpha value is -1.09. The van der Waals surface area contributed by atoms with Crippen LogP contribution in [0.25, 0.3) is 0 Å². The van der Waals surface area contributed by atoms with Gasteiger partial charge in [0.25, 0.3) is 0 Å². The highest BCUT2D eigenvalue weighted by molar-refractivity contribution is 5.97. The zero-order valence-corrected chi connectivity index (χ0v) is 10.3. The maximum atomic E-state index is 11.9. The molecule has 0 amide bonds. The van der Waals surface area contributed by atoms with E-state index in [-0.39, 0.29) is 5.78 Å². The van der Waals surface area contributed by atoms with Crippen LogP contribution in [0.2, 0.25) is 0 Å². The lowest BCUT2D eigenvalue weighted by Gasteiger charge is -2.07. The van der Waals surface area contributed by atoms with Gasteiger partial charge in [-0.3, -0.25) is 4.79 Å². The monoisotopic (exact) mass is 208 g/mol. The van der Waals surface area contributed by atoms with E-state index in [1.165, 1.54) is 5.56 Å². The van der Waals surface area contributed by atoms with Crippen molar-refractivity contribution in [2.45, 2.75) is 27.2 Å². The maximum Gasteiger partial charge on any atom is 0.193 e. The quantitative estimate of drug-likeness (QED) is 0.768. The highest BCUT2D eigenvalue weighted by atomic mass is 16.1. The van der Waals surface area contributed by atoms with Gasteiger partial charge in [-0.15, -0.1) is 0 Å². The van der Waals surface area contributed by atoms with E-state index in [0.717, 1.165) is 23.4 Å². The SMILES string of the molecule is CCc1c(C)[nH]c(C(=O)CN(C)C)c1C. The summed E-state index contributed by atoms with van der Waals surface area (Å²) in [6, 6.07) is 0. The van der Waals surface area contributed by atoms with Crippen molar-refractivity contribution in [2.24, 2.45) is 0 Å². The normalized spacial score (nSPS) is 11.1. The molecule has 15 heavy (non-hydrogen) atoms. The number of ketones is 1.